The summed E-state index contributed by atoms with van der Waals surface area (Å²) in [5, 5.41) is 11.4. The number of benzene rings is 1. The predicted octanol–water partition coefficient (Wildman–Crippen LogP) is 3.27. The van der Waals surface area contributed by atoms with Crippen LogP contribution in [0.1, 0.15) is 52.0 Å². The molecule has 0 spiro atoms. The molecule has 1 heterocycles. The highest BCUT2D eigenvalue weighted by molar-refractivity contribution is 6.09. The van der Waals surface area contributed by atoms with E-state index in [0.29, 0.717) is 30.0 Å². The Morgan fingerprint density at radius 1 is 1.29 bits per heavy atom. The number of likely N-dealkylation sites (N-methyl/N-ethyl adjacent to an activating group) is 1. The molecule has 1 saturated carbocycles. The van der Waals surface area contributed by atoms with Crippen molar-refractivity contribution in [2.24, 2.45) is 17.3 Å². The number of aliphatic hydroxyl groups is 1. The molecule has 4 nitrogen and oxygen atoms in total. The van der Waals surface area contributed by atoms with Crippen LogP contribution in [0.15, 0.2) is 24.3 Å². The summed E-state index contributed by atoms with van der Waals surface area (Å²) >= 11 is 0. The Balaban J connectivity index is 2.03. The molecular weight excluding hydrogens is 302 g/mol. The number of ketones is 1. The molecule has 1 aliphatic carbocycles. The molecule has 3 atom stereocenters. The predicted molar refractivity (Wildman–Crippen MR) is 93.7 cm³/mol. The Hall–Kier alpha value is -1.68. The van der Waals surface area contributed by atoms with Crippen LogP contribution in [-0.2, 0) is 15.2 Å². The van der Waals surface area contributed by atoms with E-state index in [2.05, 4.69) is 20.8 Å². The summed E-state index contributed by atoms with van der Waals surface area (Å²) in [6.45, 7) is 6.58. The number of carbonyl (C=O) groups excluding carboxylic acids is 2. The Morgan fingerprint density at radius 2 is 1.96 bits per heavy atom. The van der Waals surface area contributed by atoms with E-state index in [1.54, 1.807) is 13.1 Å². The summed E-state index contributed by atoms with van der Waals surface area (Å²) in [5.74, 6) is -0.683. The number of anilines is 1. The summed E-state index contributed by atoms with van der Waals surface area (Å²) in [7, 11) is 1.67. The van der Waals surface area contributed by atoms with E-state index >= 15 is 0 Å². The second-order valence-electron chi connectivity index (χ2n) is 7.98. The average molecular weight is 329 g/mol. The van der Waals surface area contributed by atoms with Crippen molar-refractivity contribution < 1.29 is 14.7 Å². The van der Waals surface area contributed by atoms with Crippen LogP contribution in [0.25, 0.3) is 0 Å². The summed E-state index contributed by atoms with van der Waals surface area (Å²) < 4.78 is 0. The molecule has 1 amide bonds. The van der Waals surface area contributed by atoms with Crippen LogP contribution in [0.3, 0.4) is 0 Å². The molecular formula is C20H27NO3. The van der Waals surface area contributed by atoms with Crippen LogP contribution >= 0.6 is 0 Å². The zero-order chi connectivity index (χ0) is 17.7. The molecule has 1 aromatic rings. The van der Waals surface area contributed by atoms with Crippen LogP contribution in [0.5, 0.6) is 0 Å². The van der Waals surface area contributed by atoms with Crippen molar-refractivity contribution in [3.8, 4) is 0 Å². The molecule has 1 fully saturated rings. The zero-order valence-electron chi connectivity index (χ0n) is 15.0. The number of amides is 1. The number of fused-ring (bicyclic) bond motifs is 1. The van der Waals surface area contributed by atoms with Crippen molar-refractivity contribution in [1.29, 1.82) is 0 Å². The third-order valence-corrected chi connectivity index (χ3v) is 6.48. The number of nitrogens with zero attached hydrogens (tertiary/aromatic N) is 1. The van der Waals surface area contributed by atoms with Gasteiger partial charge in [-0.1, -0.05) is 45.4 Å². The first-order valence-electron chi connectivity index (χ1n) is 8.86. The maximum Gasteiger partial charge on any atom is 0.264 e. The Labute approximate surface area is 143 Å². The van der Waals surface area contributed by atoms with Gasteiger partial charge in [0.05, 0.1) is 11.6 Å². The minimum absolute atomic E-state index is 0.0131. The van der Waals surface area contributed by atoms with Crippen LogP contribution < -0.4 is 4.90 Å². The van der Waals surface area contributed by atoms with E-state index < -0.39 is 11.5 Å². The lowest BCUT2D eigenvalue weighted by molar-refractivity contribution is -0.154. The molecule has 0 radical (unpaired) electrons. The summed E-state index contributed by atoms with van der Waals surface area (Å²) in [5.41, 5.74) is -0.340. The second kappa shape index (κ2) is 5.69. The highest BCUT2D eigenvalue weighted by Crippen LogP contribution is 2.51. The number of para-hydroxylation sites is 1. The lowest BCUT2D eigenvalue weighted by Gasteiger charge is -2.42. The maximum atomic E-state index is 12.9. The van der Waals surface area contributed by atoms with Crippen molar-refractivity contribution in [2.45, 2.75) is 52.1 Å². The largest absolute Gasteiger partial charge is 0.375 e. The fourth-order valence-corrected chi connectivity index (χ4v) is 4.33. The van der Waals surface area contributed by atoms with E-state index in [1.165, 1.54) is 4.90 Å². The first-order chi connectivity index (χ1) is 11.2. The number of carbonyl (C=O) groups is 2. The first kappa shape index (κ1) is 17.2. The second-order valence-corrected chi connectivity index (χ2v) is 7.98. The molecule has 0 bridgehead atoms. The van der Waals surface area contributed by atoms with Crippen LogP contribution in [0.4, 0.5) is 5.69 Å². The number of rotatable bonds is 3. The standard InChI is InChI=1S/C20H27NO3/c1-5-19(2,3)13-10-11-17(22)15(12-13)20(24)14-8-6-7-9-16(14)21(4)18(20)23/h6-9,13,15,24H,5,10-12H2,1-4H3/t13-,15-,20+/m1/s1. The van der Waals surface area contributed by atoms with Crippen LogP contribution in [-0.4, -0.2) is 23.8 Å². The molecule has 1 aromatic carbocycles. The van der Waals surface area contributed by atoms with Crippen LogP contribution in [0, 0.1) is 17.3 Å². The number of hydrogen-bond acceptors (Lipinski definition) is 3. The smallest absolute Gasteiger partial charge is 0.264 e. The number of hydrogen-bond donors (Lipinski definition) is 1. The van der Waals surface area contributed by atoms with Gasteiger partial charge in [0.1, 0.15) is 5.78 Å². The van der Waals surface area contributed by atoms with Gasteiger partial charge in [-0.05, 0) is 30.2 Å². The fourth-order valence-electron chi connectivity index (χ4n) is 4.33. The summed E-state index contributed by atoms with van der Waals surface area (Å²) in [6, 6.07) is 7.27. The van der Waals surface area contributed by atoms with Crippen molar-refractivity contribution in [3.05, 3.63) is 29.8 Å². The quantitative estimate of drug-likeness (QED) is 0.926. The van der Waals surface area contributed by atoms with Gasteiger partial charge in [-0.25, -0.2) is 0 Å². The van der Waals surface area contributed by atoms with Gasteiger partial charge < -0.3 is 10.0 Å². The Morgan fingerprint density at radius 3 is 2.62 bits per heavy atom. The summed E-state index contributed by atoms with van der Waals surface area (Å²) in [4.78, 5) is 27.0. The minimum Gasteiger partial charge on any atom is -0.375 e. The van der Waals surface area contributed by atoms with E-state index in [1.807, 2.05) is 18.2 Å². The molecule has 4 heteroatoms. The van der Waals surface area contributed by atoms with E-state index in [9.17, 15) is 14.7 Å². The van der Waals surface area contributed by atoms with Crippen molar-refractivity contribution >= 4 is 17.4 Å². The van der Waals surface area contributed by atoms with E-state index in [-0.39, 0.29) is 17.1 Å². The molecule has 0 unspecified atom stereocenters. The molecule has 2 aliphatic rings. The third-order valence-electron chi connectivity index (χ3n) is 6.48. The van der Waals surface area contributed by atoms with Gasteiger partial charge in [-0.15, -0.1) is 0 Å². The van der Waals surface area contributed by atoms with Gasteiger partial charge in [0.15, 0.2) is 5.60 Å². The van der Waals surface area contributed by atoms with Gasteiger partial charge in [-0.3, -0.25) is 9.59 Å². The molecule has 1 N–H and O–H groups in total. The molecule has 24 heavy (non-hydrogen) atoms. The van der Waals surface area contributed by atoms with E-state index in [4.69, 9.17) is 0 Å². The van der Waals surface area contributed by atoms with Crippen molar-refractivity contribution in [3.63, 3.8) is 0 Å². The van der Waals surface area contributed by atoms with Gasteiger partial charge in [0, 0.05) is 19.0 Å². The first-order valence-corrected chi connectivity index (χ1v) is 8.86. The Kier molecular flexibility index (Phi) is 4.07. The summed E-state index contributed by atoms with van der Waals surface area (Å²) in [6.07, 6.45) is 2.88. The maximum absolute atomic E-state index is 12.9. The zero-order valence-corrected chi connectivity index (χ0v) is 15.0. The monoisotopic (exact) mass is 329 g/mol. The third kappa shape index (κ3) is 2.31. The van der Waals surface area contributed by atoms with E-state index in [0.717, 1.165) is 12.8 Å². The lowest BCUT2D eigenvalue weighted by atomic mass is 9.62. The van der Waals surface area contributed by atoms with Gasteiger partial charge in [0.2, 0.25) is 0 Å². The molecule has 0 saturated heterocycles. The Bertz CT molecular complexity index is 681. The highest BCUT2D eigenvalue weighted by atomic mass is 16.3. The van der Waals surface area contributed by atoms with Gasteiger partial charge in [-0.2, -0.15) is 0 Å². The fraction of sp³-hybridized carbons (Fsp3) is 0.600. The normalized spacial score (nSPS) is 30.6. The average Bonchev–Trinajstić information content (AvgIpc) is 2.78. The van der Waals surface area contributed by atoms with Crippen molar-refractivity contribution in [1.82, 2.24) is 0 Å². The molecule has 1 aliphatic heterocycles. The molecule has 130 valence electrons. The van der Waals surface area contributed by atoms with Crippen LogP contribution in [0.2, 0.25) is 0 Å². The SMILES string of the molecule is CCC(C)(C)[C@@H]1CCC(=O)[C@H]([C@]2(O)C(=O)N(C)c3ccccc32)C1. The topological polar surface area (TPSA) is 57.6 Å². The van der Waals surface area contributed by atoms with Gasteiger partial charge >= 0.3 is 0 Å². The van der Waals surface area contributed by atoms with Gasteiger partial charge in [0.25, 0.3) is 5.91 Å². The molecule has 3 rings (SSSR count). The lowest BCUT2D eigenvalue weighted by Crippen LogP contribution is -2.50. The number of Topliss-reactive ketones (excluding diaryl/α,β-unsaturated/α-hetero) is 1. The minimum atomic E-state index is -1.72. The van der Waals surface area contributed by atoms with Crippen molar-refractivity contribution in [2.75, 3.05) is 11.9 Å². The molecule has 0 aromatic heterocycles. The highest BCUT2D eigenvalue weighted by Gasteiger charge is 2.57.